The predicted molar refractivity (Wildman–Crippen MR) is 127 cm³/mol. The first-order valence-corrected chi connectivity index (χ1v) is 11.5. The van der Waals surface area contributed by atoms with Crippen LogP contribution in [0.15, 0.2) is 48.5 Å². The van der Waals surface area contributed by atoms with Gasteiger partial charge in [0.2, 0.25) is 0 Å². The van der Waals surface area contributed by atoms with E-state index in [1.54, 1.807) is 0 Å². The van der Waals surface area contributed by atoms with E-state index < -0.39 is 0 Å². The fourth-order valence-corrected chi connectivity index (χ4v) is 5.27. The molecule has 0 bridgehead atoms. The van der Waals surface area contributed by atoms with Crippen molar-refractivity contribution < 1.29 is 0 Å². The molecule has 0 atom stereocenters. The van der Waals surface area contributed by atoms with Crippen LogP contribution in [0.2, 0.25) is 0 Å². The molecule has 2 N–H and O–H groups in total. The third kappa shape index (κ3) is 3.99. The van der Waals surface area contributed by atoms with Crippen LogP contribution in [0, 0.1) is 6.92 Å². The van der Waals surface area contributed by atoms with Gasteiger partial charge in [-0.3, -0.25) is 0 Å². The van der Waals surface area contributed by atoms with Gasteiger partial charge in [0.05, 0.1) is 0 Å². The molecular weight excluding hydrogens is 368 g/mol. The van der Waals surface area contributed by atoms with Crippen molar-refractivity contribution in [1.29, 1.82) is 0 Å². The summed E-state index contributed by atoms with van der Waals surface area (Å²) in [6.45, 7) is 7.02. The number of fused-ring (bicyclic) bond motifs is 1. The van der Waals surface area contributed by atoms with Crippen LogP contribution in [0.5, 0.6) is 0 Å². The first-order valence-electron chi connectivity index (χ1n) is 11.5. The first kappa shape index (κ1) is 19.7. The van der Waals surface area contributed by atoms with Crippen molar-refractivity contribution in [2.75, 3.05) is 38.1 Å². The van der Waals surface area contributed by atoms with Gasteiger partial charge in [-0.05, 0) is 76.5 Å². The van der Waals surface area contributed by atoms with E-state index in [0.29, 0.717) is 12.1 Å². The number of benzene rings is 2. The van der Waals surface area contributed by atoms with Crippen molar-refractivity contribution in [2.24, 2.45) is 0 Å². The molecule has 0 saturated carbocycles. The van der Waals surface area contributed by atoms with Crippen LogP contribution in [0.1, 0.15) is 31.2 Å². The van der Waals surface area contributed by atoms with Crippen LogP contribution in [0.25, 0.3) is 22.2 Å². The van der Waals surface area contributed by atoms with Gasteiger partial charge in [-0.25, -0.2) is 0 Å². The number of piperidine rings is 2. The van der Waals surface area contributed by atoms with E-state index in [-0.39, 0.29) is 0 Å². The van der Waals surface area contributed by atoms with Crippen molar-refractivity contribution in [3.8, 4) is 11.3 Å². The van der Waals surface area contributed by atoms with Gasteiger partial charge in [0, 0.05) is 53.0 Å². The van der Waals surface area contributed by atoms with Crippen molar-refractivity contribution in [2.45, 2.75) is 44.7 Å². The Hall–Kier alpha value is -2.30. The Morgan fingerprint density at radius 1 is 0.867 bits per heavy atom. The highest BCUT2D eigenvalue weighted by molar-refractivity contribution is 5.87. The maximum Gasteiger partial charge on any atom is 0.0468 e. The van der Waals surface area contributed by atoms with Crippen LogP contribution in [-0.4, -0.2) is 55.2 Å². The number of hydrogen-bond donors (Lipinski definition) is 2. The van der Waals surface area contributed by atoms with Gasteiger partial charge in [-0.15, -0.1) is 0 Å². The second-order valence-corrected chi connectivity index (χ2v) is 9.23. The molecule has 30 heavy (non-hydrogen) atoms. The molecule has 4 heteroatoms. The number of aromatic amines is 1. The lowest BCUT2D eigenvalue weighted by Gasteiger charge is -2.38. The third-order valence-corrected chi connectivity index (χ3v) is 7.15. The zero-order chi connectivity index (χ0) is 20.5. The summed E-state index contributed by atoms with van der Waals surface area (Å²) >= 11 is 0. The fourth-order valence-electron chi connectivity index (χ4n) is 5.27. The molecule has 0 spiro atoms. The topological polar surface area (TPSA) is 34.3 Å². The lowest BCUT2D eigenvalue weighted by Crippen LogP contribution is -2.49. The number of likely N-dealkylation sites (tertiary alicyclic amines) is 1. The number of rotatable bonds is 4. The summed E-state index contributed by atoms with van der Waals surface area (Å²) in [5.74, 6) is 0. The molecule has 0 amide bonds. The lowest BCUT2D eigenvalue weighted by molar-refractivity contribution is 0.217. The van der Waals surface area contributed by atoms with Gasteiger partial charge in [0.15, 0.2) is 0 Å². The highest BCUT2D eigenvalue weighted by Gasteiger charge is 2.25. The Labute approximate surface area is 180 Å². The third-order valence-electron chi connectivity index (χ3n) is 7.15. The lowest BCUT2D eigenvalue weighted by atomic mass is 9.97. The second-order valence-electron chi connectivity index (χ2n) is 9.23. The van der Waals surface area contributed by atoms with Gasteiger partial charge in [0.25, 0.3) is 0 Å². The first-order chi connectivity index (χ1) is 14.7. The predicted octanol–water partition coefficient (Wildman–Crippen LogP) is 4.80. The second kappa shape index (κ2) is 8.44. The summed E-state index contributed by atoms with van der Waals surface area (Å²) in [4.78, 5) is 8.65. The molecule has 0 aliphatic carbocycles. The standard InChI is InChI=1S/C26H34N4/c1-19-23(25-18-20-6-3-4-8-24(20)28-25)7-5-9-26(19)30-16-12-22(13-17-30)27-21-10-14-29(2)15-11-21/h3-9,18,21-22,27-28H,10-17H2,1-2H3. The molecule has 5 rings (SSSR count). The Kier molecular flexibility index (Phi) is 5.53. The Morgan fingerprint density at radius 2 is 1.57 bits per heavy atom. The van der Waals surface area contributed by atoms with Crippen molar-refractivity contribution >= 4 is 16.6 Å². The van der Waals surface area contributed by atoms with Crippen molar-refractivity contribution in [1.82, 2.24) is 15.2 Å². The zero-order valence-corrected chi connectivity index (χ0v) is 18.3. The Balaban J connectivity index is 1.27. The summed E-state index contributed by atoms with van der Waals surface area (Å²) in [5.41, 5.74) is 6.51. The molecular formula is C26H34N4. The molecule has 2 aliphatic heterocycles. The molecule has 2 fully saturated rings. The highest BCUT2D eigenvalue weighted by atomic mass is 15.2. The van der Waals surface area contributed by atoms with Crippen molar-refractivity contribution in [3.63, 3.8) is 0 Å². The largest absolute Gasteiger partial charge is 0.371 e. The van der Waals surface area contributed by atoms with Gasteiger partial charge < -0.3 is 20.1 Å². The zero-order valence-electron chi connectivity index (χ0n) is 18.3. The number of H-pyrrole nitrogens is 1. The van der Waals surface area contributed by atoms with E-state index in [0.717, 1.165) is 13.1 Å². The van der Waals surface area contributed by atoms with Gasteiger partial charge in [-0.2, -0.15) is 0 Å². The minimum absolute atomic E-state index is 0.673. The summed E-state index contributed by atoms with van der Waals surface area (Å²) in [6.07, 6.45) is 5.07. The minimum Gasteiger partial charge on any atom is -0.371 e. The van der Waals surface area contributed by atoms with Crippen LogP contribution in [0.3, 0.4) is 0 Å². The molecule has 2 aromatic carbocycles. The summed E-state index contributed by atoms with van der Waals surface area (Å²) in [7, 11) is 2.24. The van der Waals surface area contributed by atoms with Crippen LogP contribution in [-0.2, 0) is 0 Å². The molecule has 0 radical (unpaired) electrons. The van der Waals surface area contributed by atoms with E-state index in [1.165, 1.54) is 72.2 Å². The number of nitrogens with one attached hydrogen (secondary N) is 2. The quantitative estimate of drug-likeness (QED) is 0.658. The monoisotopic (exact) mass is 402 g/mol. The summed E-state index contributed by atoms with van der Waals surface area (Å²) < 4.78 is 0. The molecule has 4 nitrogen and oxygen atoms in total. The summed E-state index contributed by atoms with van der Waals surface area (Å²) in [5, 5.41) is 5.23. The van der Waals surface area contributed by atoms with Crippen LogP contribution in [0.4, 0.5) is 5.69 Å². The van der Waals surface area contributed by atoms with E-state index in [4.69, 9.17) is 0 Å². The van der Waals surface area contributed by atoms with E-state index in [1.807, 2.05) is 0 Å². The van der Waals surface area contributed by atoms with Gasteiger partial charge in [-0.1, -0.05) is 30.3 Å². The van der Waals surface area contributed by atoms with Gasteiger partial charge in [0.1, 0.15) is 0 Å². The Morgan fingerprint density at radius 3 is 2.30 bits per heavy atom. The number of nitrogens with zero attached hydrogens (tertiary/aromatic N) is 2. The van der Waals surface area contributed by atoms with E-state index in [2.05, 4.69) is 82.6 Å². The fraction of sp³-hybridized carbons (Fsp3) is 0.462. The average molecular weight is 403 g/mol. The maximum absolute atomic E-state index is 3.96. The molecule has 0 unspecified atom stereocenters. The number of hydrogen-bond acceptors (Lipinski definition) is 3. The average Bonchev–Trinajstić information content (AvgIpc) is 3.20. The van der Waals surface area contributed by atoms with Gasteiger partial charge >= 0.3 is 0 Å². The minimum atomic E-state index is 0.673. The molecule has 3 aromatic rings. The number of para-hydroxylation sites is 1. The van der Waals surface area contributed by atoms with Crippen LogP contribution >= 0.6 is 0 Å². The molecule has 158 valence electrons. The summed E-state index contributed by atoms with van der Waals surface area (Å²) in [6, 6.07) is 19.0. The van der Waals surface area contributed by atoms with E-state index in [9.17, 15) is 0 Å². The number of aromatic nitrogens is 1. The smallest absolute Gasteiger partial charge is 0.0468 e. The van der Waals surface area contributed by atoms with Crippen LogP contribution < -0.4 is 10.2 Å². The number of anilines is 1. The van der Waals surface area contributed by atoms with Crippen molar-refractivity contribution in [3.05, 3.63) is 54.1 Å². The molecule has 1 aromatic heterocycles. The normalized spacial score (nSPS) is 19.6. The van der Waals surface area contributed by atoms with E-state index >= 15 is 0 Å². The molecule has 2 saturated heterocycles. The molecule has 3 heterocycles. The SMILES string of the molecule is Cc1c(-c2cc3ccccc3[nH]2)cccc1N1CCC(NC2CCN(C)CC2)CC1. The maximum atomic E-state index is 3.96. The molecule has 2 aliphatic rings. The Bertz CT molecular complexity index is 958. The highest BCUT2D eigenvalue weighted by Crippen LogP contribution is 2.33.